The van der Waals surface area contributed by atoms with E-state index in [1.54, 1.807) is 0 Å². The fraction of sp³-hybridized carbons (Fsp3) is 0.889. The number of aliphatic hydroxyl groups excluding tert-OH is 4. The highest BCUT2D eigenvalue weighted by molar-refractivity contribution is 6.18. The summed E-state index contributed by atoms with van der Waals surface area (Å²) in [6, 6.07) is -2.40. The molecule has 1 saturated heterocycles. The first kappa shape index (κ1) is 17.0. The van der Waals surface area contributed by atoms with Crippen LogP contribution < -0.4 is 5.32 Å². The summed E-state index contributed by atoms with van der Waals surface area (Å²) in [6.45, 7) is -0.789. The van der Waals surface area contributed by atoms with Gasteiger partial charge in [-0.1, -0.05) is 0 Å². The van der Waals surface area contributed by atoms with E-state index in [-0.39, 0.29) is 12.4 Å². The summed E-state index contributed by atoms with van der Waals surface area (Å²) in [5, 5.41) is 42.9. The Morgan fingerprint density at radius 3 is 2.50 bits per heavy atom. The third-order valence-electron chi connectivity index (χ3n) is 2.82. The van der Waals surface area contributed by atoms with E-state index in [0.717, 1.165) is 0 Å². The number of alkyl halides is 1. The van der Waals surface area contributed by atoms with Crippen LogP contribution in [0.2, 0.25) is 0 Å². The van der Waals surface area contributed by atoms with Crippen LogP contribution in [0.3, 0.4) is 0 Å². The molecule has 1 unspecified atom stereocenters. The fourth-order valence-corrected chi connectivity index (χ4v) is 1.89. The summed E-state index contributed by atoms with van der Waals surface area (Å²) in [6.07, 6.45) is -5.96. The topological polar surface area (TPSA) is 152 Å². The number of amides is 2. The lowest BCUT2D eigenvalue weighted by Crippen LogP contribution is -2.65. The number of hydrogen-bond acceptors (Lipinski definition) is 8. The predicted molar refractivity (Wildman–Crippen MR) is 65.5 cm³/mol. The maximum absolute atomic E-state index is 11.6. The van der Waals surface area contributed by atoms with Crippen LogP contribution in [0, 0.1) is 4.91 Å². The van der Waals surface area contributed by atoms with Crippen molar-refractivity contribution in [1.29, 1.82) is 0 Å². The SMILES string of the molecule is O=NN(CCCl)C(=O)N[C@@H]1C(O)O[C@H](CO)[C@@H](O)[C@@H]1O. The maximum atomic E-state index is 11.6. The molecule has 1 aliphatic heterocycles. The van der Waals surface area contributed by atoms with E-state index < -0.39 is 43.3 Å². The van der Waals surface area contributed by atoms with Crippen LogP contribution in [0.5, 0.6) is 0 Å². The van der Waals surface area contributed by atoms with Crippen molar-refractivity contribution < 1.29 is 30.0 Å². The summed E-state index contributed by atoms with van der Waals surface area (Å²) >= 11 is 5.37. The highest BCUT2D eigenvalue weighted by Crippen LogP contribution is 2.19. The lowest BCUT2D eigenvalue weighted by atomic mass is 9.97. The number of nitrogens with zero attached hydrogens (tertiary/aromatic N) is 2. The highest BCUT2D eigenvalue weighted by Gasteiger charge is 2.44. The number of carbonyl (C=O) groups is 1. The van der Waals surface area contributed by atoms with Crippen molar-refractivity contribution in [3.63, 3.8) is 0 Å². The lowest BCUT2D eigenvalue weighted by molar-refractivity contribution is -0.252. The molecule has 20 heavy (non-hydrogen) atoms. The Bertz CT molecular complexity index is 348. The summed E-state index contributed by atoms with van der Waals surface area (Å²) in [4.78, 5) is 22.1. The van der Waals surface area contributed by atoms with Crippen molar-refractivity contribution in [2.24, 2.45) is 5.29 Å². The van der Waals surface area contributed by atoms with Crippen LogP contribution in [0.15, 0.2) is 5.29 Å². The zero-order chi connectivity index (χ0) is 15.3. The first-order chi connectivity index (χ1) is 9.46. The van der Waals surface area contributed by atoms with Crippen LogP contribution in [-0.2, 0) is 4.74 Å². The third kappa shape index (κ3) is 3.75. The van der Waals surface area contributed by atoms with E-state index in [2.05, 4.69) is 10.6 Å². The molecule has 0 radical (unpaired) electrons. The fourth-order valence-electron chi connectivity index (χ4n) is 1.73. The normalized spacial score (nSPS) is 33.5. The van der Waals surface area contributed by atoms with E-state index in [4.69, 9.17) is 21.4 Å². The Morgan fingerprint density at radius 1 is 1.35 bits per heavy atom. The molecule has 5 atom stereocenters. The predicted octanol–water partition coefficient (Wildman–Crippen LogP) is -2.28. The number of halogens is 1. The second kappa shape index (κ2) is 7.67. The van der Waals surface area contributed by atoms with E-state index in [9.17, 15) is 25.0 Å². The molecule has 0 aromatic heterocycles. The highest BCUT2D eigenvalue weighted by atomic mass is 35.5. The third-order valence-corrected chi connectivity index (χ3v) is 2.99. The first-order valence-electron chi connectivity index (χ1n) is 5.74. The average Bonchev–Trinajstić information content (AvgIpc) is 2.44. The zero-order valence-electron chi connectivity index (χ0n) is 10.3. The van der Waals surface area contributed by atoms with Crippen LogP contribution in [0.4, 0.5) is 4.79 Å². The number of nitroso groups, excluding NO2 is 1. The minimum Gasteiger partial charge on any atom is -0.394 e. The van der Waals surface area contributed by atoms with Gasteiger partial charge in [0.25, 0.3) is 0 Å². The van der Waals surface area contributed by atoms with Crippen molar-refractivity contribution in [2.45, 2.75) is 30.6 Å². The van der Waals surface area contributed by atoms with Gasteiger partial charge in [0.1, 0.15) is 24.4 Å². The van der Waals surface area contributed by atoms with Gasteiger partial charge < -0.3 is 30.5 Å². The molecule has 0 aromatic rings. The van der Waals surface area contributed by atoms with Gasteiger partial charge in [0.15, 0.2) is 6.29 Å². The molecule has 1 rings (SSSR count). The zero-order valence-corrected chi connectivity index (χ0v) is 11.0. The maximum Gasteiger partial charge on any atom is 0.340 e. The first-order valence-corrected chi connectivity index (χ1v) is 6.27. The molecule has 0 aromatic carbocycles. The quantitative estimate of drug-likeness (QED) is 0.218. The van der Waals surface area contributed by atoms with Crippen LogP contribution >= 0.6 is 11.6 Å². The van der Waals surface area contributed by atoms with Gasteiger partial charge in [-0.05, 0) is 0 Å². The molecule has 0 saturated carbocycles. The van der Waals surface area contributed by atoms with Crippen molar-refractivity contribution in [2.75, 3.05) is 19.0 Å². The largest absolute Gasteiger partial charge is 0.394 e. The number of urea groups is 1. The van der Waals surface area contributed by atoms with Gasteiger partial charge in [-0.15, -0.1) is 16.5 Å². The van der Waals surface area contributed by atoms with E-state index in [1.807, 2.05) is 0 Å². The molecule has 0 bridgehead atoms. The molecule has 1 fully saturated rings. The van der Waals surface area contributed by atoms with Crippen molar-refractivity contribution in [1.82, 2.24) is 10.3 Å². The molecule has 2 amide bonds. The number of ether oxygens (including phenoxy) is 1. The van der Waals surface area contributed by atoms with Gasteiger partial charge in [0, 0.05) is 5.88 Å². The Labute approximate surface area is 118 Å². The summed E-state index contributed by atoms with van der Waals surface area (Å²) in [7, 11) is 0. The number of aliphatic hydroxyl groups is 4. The Hall–Kier alpha value is -1.04. The van der Waals surface area contributed by atoms with Gasteiger partial charge in [0.05, 0.1) is 18.4 Å². The minimum atomic E-state index is -1.67. The summed E-state index contributed by atoms with van der Waals surface area (Å²) in [5.74, 6) is -0.0410. The van der Waals surface area contributed by atoms with Crippen LogP contribution in [0.25, 0.3) is 0 Å². The summed E-state index contributed by atoms with van der Waals surface area (Å²) in [5.41, 5.74) is 0. The van der Waals surface area contributed by atoms with Crippen LogP contribution in [0.1, 0.15) is 0 Å². The van der Waals surface area contributed by atoms with Crippen molar-refractivity contribution in [3.8, 4) is 0 Å². The van der Waals surface area contributed by atoms with Crippen LogP contribution in [-0.4, -0.2) is 81.1 Å². The van der Waals surface area contributed by atoms with Gasteiger partial charge in [-0.3, -0.25) is 0 Å². The number of hydrogen-bond donors (Lipinski definition) is 5. The van der Waals surface area contributed by atoms with Gasteiger partial charge in [0.2, 0.25) is 0 Å². The molecule has 0 aliphatic carbocycles. The molecular formula is C9H16ClN3O7. The molecular weight excluding hydrogens is 298 g/mol. The molecule has 5 N–H and O–H groups in total. The molecule has 10 nitrogen and oxygen atoms in total. The Kier molecular flexibility index (Phi) is 6.52. The van der Waals surface area contributed by atoms with Gasteiger partial charge >= 0.3 is 6.03 Å². The van der Waals surface area contributed by atoms with Crippen molar-refractivity contribution >= 4 is 17.6 Å². The number of carbonyl (C=O) groups excluding carboxylic acids is 1. The smallest absolute Gasteiger partial charge is 0.340 e. The molecule has 116 valence electrons. The monoisotopic (exact) mass is 313 g/mol. The van der Waals surface area contributed by atoms with Gasteiger partial charge in [-0.25, -0.2) is 4.79 Å². The molecule has 11 heteroatoms. The second-order valence-corrected chi connectivity index (χ2v) is 4.48. The average molecular weight is 314 g/mol. The van der Waals surface area contributed by atoms with Crippen molar-refractivity contribution in [3.05, 3.63) is 4.91 Å². The van der Waals surface area contributed by atoms with E-state index >= 15 is 0 Å². The summed E-state index contributed by atoms with van der Waals surface area (Å²) < 4.78 is 4.83. The Morgan fingerprint density at radius 2 is 2.00 bits per heavy atom. The van der Waals surface area contributed by atoms with Gasteiger partial charge in [-0.2, -0.15) is 5.01 Å². The Balaban J connectivity index is 2.70. The molecule has 1 heterocycles. The van der Waals surface area contributed by atoms with E-state index in [1.165, 1.54) is 0 Å². The molecule has 1 aliphatic rings. The second-order valence-electron chi connectivity index (χ2n) is 4.10. The standard InChI is InChI=1S/C9H16ClN3O7/c10-1-2-13(12-19)9(18)11-5-7(16)6(15)4(3-14)20-8(5)17/h4-8,14-17H,1-3H2,(H,11,18)/t4-,5+,6-,7-,8?/m1/s1. The molecule has 0 spiro atoms. The minimum absolute atomic E-state index is 0.0410. The lowest BCUT2D eigenvalue weighted by Gasteiger charge is -2.40. The number of nitrogens with one attached hydrogen (secondary N) is 1. The van der Waals surface area contributed by atoms with E-state index in [0.29, 0.717) is 5.01 Å². The number of rotatable bonds is 5.